The van der Waals surface area contributed by atoms with E-state index in [9.17, 15) is 0 Å². The molecular formula is C24H42OSi. The monoisotopic (exact) mass is 374 g/mol. The van der Waals surface area contributed by atoms with E-state index in [-0.39, 0.29) is 0 Å². The second-order valence-electron chi connectivity index (χ2n) is 7.79. The Kier molecular flexibility index (Phi) is 14.3. The minimum atomic E-state index is -1.69. The summed E-state index contributed by atoms with van der Waals surface area (Å²) in [5.74, 6) is 0. The molecule has 0 atom stereocenters. The van der Waals surface area contributed by atoms with Crippen molar-refractivity contribution in [2.24, 2.45) is 0 Å². The normalized spacial score (nSPS) is 13.7. The van der Waals surface area contributed by atoms with Gasteiger partial charge in [-0.15, -0.1) is 0 Å². The summed E-state index contributed by atoms with van der Waals surface area (Å²) in [6, 6.07) is 0. The van der Waals surface area contributed by atoms with Crippen molar-refractivity contribution in [1.82, 2.24) is 0 Å². The molecule has 2 heteroatoms. The van der Waals surface area contributed by atoms with Crippen LogP contribution in [0, 0.1) is 0 Å². The van der Waals surface area contributed by atoms with E-state index in [1.807, 2.05) is 12.2 Å². The molecule has 0 unspecified atom stereocenters. The highest BCUT2D eigenvalue weighted by atomic mass is 28.4. The van der Waals surface area contributed by atoms with Crippen molar-refractivity contribution in [3.8, 4) is 0 Å². The van der Waals surface area contributed by atoms with Crippen molar-refractivity contribution >= 4 is 8.32 Å². The summed E-state index contributed by atoms with van der Waals surface area (Å²) in [7, 11) is -1.69. The molecule has 0 radical (unpaired) electrons. The fraction of sp³-hybridized carbons (Fsp3) is 0.583. The lowest BCUT2D eigenvalue weighted by molar-refractivity contribution is 0.273. The summed E-state index contributed by atoms with van der Waals surface area (Å²) in [6.07, 6.45) is 23.2. The van der Waals surface area contributed by atoms with E-state index in [1.54, 1.807) is 0 Å². The predicted molar refractivity (Wildman–Crippen MR) is 122 cm³/mol. The third-order valence-electron chi connectivity index (χ3n) is 4.95. The number of rotatable bonds is 14. The zero-order chi connectivity index (χ0) is 19.8. The van der Waals surface area contributed by atoms with Gasteiger partial charge in [0.15, 0.2) is 8.32 Å². The quantitative estimate of drug-likeness (QED) is 0.169. The van der Waals surface area contributed by atoms with E-state index in [2.05, 4.69) is 90.7 Å². The highest BCUT2D eigenvalue weighted by Gasteiger charge is 2.44. The molecule has 0 fully saturated rings. The molecule has 0 aromatic rings. The minimum absolute atomic E-state index is 0.667. The third-order valence-corrected chi connectivity index (χ3v) is 11.1. The fourth-order valence-corrected chi connectivity index (χ4v) is 9.31. The van der Waals surface area contributed by atoms with Crippen LogP contribution in [0.2, 0.25) is 16.6 Å². The molecule has 0 spiro atoms. The van der Waals surface area contributed by atoms with Gasteiger partial charge in [-0.05, 0) is 42.3 Å². The van der Waals surface area contributed by atoms with Gasteiger partial charge in [0, 0.05) is 6.61 Å². The summed E-state index contributed by atoms with van der Waals surface area (Å²) in [4.78, 5) is 0. The SMILES string of the molecule is C=C/C=C/CC/C=C/C=C/C=C/CCCO[Si](C(C)C)(C(C)C)C(C)C. The van der Waals surface area contributed by atoms with Crippen LogP contribution in [0.15, 0.2) is 61.3 Å². The van der Waals surface area contributed by atoms with E-state index in [1.165, 1.54) is 0 Å². The van der Waals surface area contributed by atoms with Crippen molar-refractivity contribution < 1.29 is 4.43 Å². The molecule has 0 bridgehead atoms. The first-order valence-corrected chi connectivity index (χ1v) is 12.4. The van der Waals surface area contributed by atoms with E-state index in [0.29, 0.717) is 16.6 Å². The summed E-state index contributed by atoms with van der Waals surface area (Å²) >= 11 is 0. The zero-order valence-electron chi connectivity index (χ0n) is 18.1. The molecule has 0 aliphatic rings. The van der Waals surface area contributed by atoms with Crippen molar-refractivity contribution in [1.29, 1.82) is 0 Å². The molecule has 0 aliphatic carbocycles. The van der Waals surface area contributed by atoms with Gasteiger partial charge in [0.05, 0.1) is 0 Å². The zero-order valence-corrected chi connectivity index (χ0v) is 19.1. The summed E-state index contributed by atoms with van der Waals surface area (Å²) in [6.45, 7) is 18.6. The van der Waals surface area contributed by atoms with Crippen molar-refractivity contribution in [2.45, 2.75) is 83.8 Å². The Balaban J connectivity index is 4.09. The van der Waals surface area contributed by atoms with E-state index in [0.717, 1.165) is 32.3 Å². The first kappa shape index (κ1) is 24.9. The van der Waals surface area contributed by atoms with E-state index >= 15 is 0 Å². The summed E-state index contributed by atoms with van der Waals surface area (Å²) in [5, 5.41) is 0. The van der Waals surface area contributed by atoms with Gasteiger partial charge in [-0.2, -0.15) is 0 Å². The highest BCUT2D eigenvalue weighted by Crippen LogP contribution is 2.42. The predicted octanol–water partition coefficient (Wildman–Crippen LogP) is 8.15. The van der Waals surface area contributed by atoms with Gasteiger partial charge in [0.25, 0.3) is 0 Å². The van der Waals surface area contributed by atoms with E-state index in [4.69, 9.17) is 4.43 Å². The van der Waals surface area contributed by atoms with Crippen LogP contribution in [-0.2, 0) is 4.43 Å². The lowest BCUT2D eigenvalue weighted by atomic mass is 10.2. The van der Waals surface area contributed by atoms with Crippen molar-refractivity contribution in [3.05, 3.63) is 61.3 Å². The van der Waals surface area contributed by atoms with Gasteiger partial charge < -0.3 is 4.43 Å². The van der Waals surface area contributed by atoms with E-state index < -0.39 is 8.32 Å². The van der Waals surface area contributed by atoms with Crippen molar-refractivity contribution in [2.75, 3.05) is 6.61 Å². The summed E-state index contributed by atoms with van der Waals surface area (Å²) < 4.78 is 6.58. The largest absolute Gasteiger partial charge is 0.416 e. The molecule has 0 aromatic carbocycles. The Morgan fingerprint density at radius 1 is 0.692 bits per heavy atom. The number of hydrogen-bond acceptors (Lipinski definition) is 1. The molecule has 0 N–H and O–H groups in total. The lowest BCUT2D eigenvalue weighted by Gasteiger charge is -2.42. The Labute approximate surface area is 164 Å². The molecule has 0 saturated carbocycles. The van der Waals surface area contributed by atoms with Crippen molar-refractivity contribution in [3.63, 3.8) is 0 Å². The molecular weight excluding hydrogens is 332 g/mol. The molecule has 26 heavy (non-hydrogen) atoms. The van der Waals surface area contributed by atoms with Crippen LogP contribution in [0.25, 0.3) is 0 Å². The molecule has 0 heterocycles. The Morgan fingerprint density at radius 3 is 1.62 bits per heavy atom. The molecule has 0 amide bonds. The van der Waals surface area contributed by atoms with Gasteiger partial charge in [-0.25, -0.2) is 0 Å². The van der Waals surface area contributed by atoms with Gasteiger partial charge in [-0.3, -0.25) is 0 Å². The van der Waals surface area contributed by atoms with Crippen LogP contribution in [0.4, 0.5) is 0 Å². The van der Waals surface area contributed by atoms with Crippen LogP contribution in [-0.4, -0.2) is 14.9 Å². The molecule has 0 rings (SSSR count). The molecule has 0 saturated heterocycles. The van der Waals surface area contributed by atoms with Crippen LogP contribution >= 0.6 is 0 Å². The number of hydrogen-bond donors (Lipinski definition) is 0. The van der Waals surface area contributed by atoms with Crippen LogP contribution in [0.5, 0.6) is 0 Å². The first-order valence-electron chi connectivity index (χ1n) is 10.3. The van der Waals surface area contributed by atoms with Gasteiger partial charge in [-0.1, -0.05) is 103 Å². The second-order valence-corrected chi connectivity index (χ2v) is 13.3. The fourth-order valence-electron chi connectivity index (χ4n) is 3.81. The topological polar surface area (TPSA) is 9.23 Å². The molecule has 148 valence electrons. The number of allylic oxidation sites excluding steroid dienone is 9. The highest BCUT2D eigenvalue weighted by molar-refractivity contribution is 6.77. The maximum Gasteiger partial charge on any atom is 0.200 e. The standard InChI is InChI=1S/C24H42OSi/c1-8-9-10-11-12-13-14-15-16-17-18-19-20-21-25-26(22(2)3,23(4)5)24(6)7/h8-10,13-18,22-24H,1,11-12,19-21H2,2-7H3/b10-9+,14-13+,16-15+,18-17+. The molecule has 1 nitrogen and oxygen atoms in total. The van der Waals surface area contributed by atoms with Crippen LogP contribution < -0.4 is 0 Å². The maximum absolute atomic E-state index is 6.58. The average molecular weight is 375 g/mol. The second kappa shape index (κ2) is 15.0. The van der Waals surface area contributed by atoms with Gasteiger partial charge >= 0.3 is 0 Å². The maximum atomic E-state index is 6.58. The van der Waals surface area contributed by atoms with Gasteiger partial charge in [0.2, 0.25) is 0 Å². The lowest BCUT2D eigenvalue weighted by Crippen LogP contribution is -2.47. The average Bonchev–Trinajstić information content (AvgIpc) is 2.57. The summed E-state index contributed by atoms with van der Waals surface area (Å²) in [5.41, 5.74) is 2.00. The minimum Gasteiger partial charge on any atom is -0.416 e. The Morgan fingerprint density at radius 2 is 1.15 bits per heavy atom. The Hall–Kier alpha value is -1.12. The smallest absolute Gasteiger partial charge is 0.200 e. The Bertz CT molecular complexity index is 445. The number of unbranched alkanes of at least 4 members (excludes halogenated alkanes) is 2. The molecule has 0 aromatic heterocycles. The third kappa shape index (κ3) is 9.54. The molecule has 0 aliphatic heterocycles. The van der Waals surface area contributed by atoms with Crippen LogP contribution in [0.1, 0.15) is 67.2 Å². The van der Waals surface area contributed by atoms with Crippen LogP contribution in [0.3, 0.4) is 0 Å². The first-order chi connectivity index (χ1) is 12.4. The van der Waals surface area contributed by atoms with Gasteiger partial charge in [0.1, 0.15) is 0 Å².